The van der Waals surface area contributed by atoms with Crippen LogP contribution in [0, 0.1) is 0 Å². The maximum atomic E-state index is 13.0. The molecule has 0 saturated carbocycles. The number of esters is 1. The summed E-state index contributed by atoms with van der Waals surface area (Å²) in [7, 11) is 3.80. The standard InChI is InChI=1S/C21H24N2O4/c1-22(2)18-10-6-9-17(15-18)21(25)27-19(16-7-4-3-5-8-16)20(24)23-11-13-26-14-12-23/h3-10,15,19H,11-14H2,1-2H3/t19-/m0/s1. The number of hydrogen-bond donors (Lipinski definition) is 0. The van der Waals surface area contributed by atoms with Gasteiger partial charge in [-0.2, -0.15) is 0 Å². The molecule has 1 fully saturated rings. The van der Waals surface area contributed by atoms with Crippen LogP contribution < -0.4 is 4.90 Å². The Kier molecular flexibility index (Phi) is 6.08. The number of benzene rings is 2. The third kappa shape index (κ3) is 4.65. The Morgan fingerprint density at radius 2 is 1.74 bits per heavy atom. The molecule has 1 amide bonds. The van der Waals surface area contributed by atoms with Gasteiger partial charge in [-0.1, -0.05) is 36.4 Å². The first-order valence-corrected chi connectivity index (χ1v) is 8.96. The van der Waals surface area contributed by atoms with Gasteiger partial charge in [0.2, 0.25) is 6.10 Å². The van der Waals surface area contributed by atoms with Crippen molar-refractivity contribution < 1.29 is 19.1 Å². The molecule has 0 radical (unpaired) electrons. The fourth-order valence-corrected chi connectivity index (χ4v) is 2.92. The number of carbonyl (C=O) groups is 2. The number of hydrogen-bond acceptors (Lipinski definition) is 5. The zero-order valence-corrected chi connectivity index (χ0v) is 15.6. The highest BCUT2D eigenvalue weighted by atomic mass is 16.5. The predicted octanol–water partition coefficient (Wildman–Crippen LogP) is 2.51. The molecule has 0 aromatic heterocycles. The molecule has 1 heterocycles. The van der Waals surface area contributed by atoms with Gasteiger partial charge in [-0.3, -0.25) is 4.79 Å². The van der Waals surface area contributed by atoms with Crippen molar-refractivity contribution in [1.82, 2.24) is 4.90 Å². The quantitative estimate of drug-likeness (QED) is 0.759. The third-order valence-electron chi connectivity index (χ3n) is 4.47. The summed E-state index contributed by atoms with van der Waals surface area (Å²) < 4.78 is 11.0. The lowest BCUT2D eigenvalue weighted by molar-refractivity contribution is -0.145. The molecule has 0 unspecified atom stereocenters. The van der Waals surface area contributed by atoms with Crippen LogP contribution in [0.2, 0.25) is 0 Å². The van der Waals surface area contributed by atoms with Crippen LogP contribution in [0.5, 0.6) is 0 Å². The van der Waals surface area contributed by atoms with E-state index in [1.54, 1.807) is 35.2 Å². The van der Waals surface area contributed by atoms with E-state index in [4.69, 9.17) is 9.47 Å². The molecule has 3 rings (SSSR count). The van der Waals surface area contributed by atoms with E-state index in [1.165, 1.54) is 0 Å². The molecule has 1 atom stereocenters. The Bertz CT molecular complexity index is 786. The van der Waals surface area contributed by atoms with Gasteiger partial charge in [-0.25, -0.2) is 4.79 Å². The lowest BCUT2D eigenvalue weighted by Gasteiger charge is -2.30. The lowest BCUT2D eigenvalue weighted by atomic mass is 10.1. The minimum atomic E-state index is -0.972. The molecule has 0 aliphatic carbocycles. The van der Waals surface area contributed by atoms with Crippen molar-refractivity contribution in [3.8, 4) is 0 Å². The molecule has 0 bridgehead atoms. The van der Waals surface area contributed by atoms with Gasteiger partial charge in [0.25, 0.3) is 5.91 Å². The molecule has 1 aliphatic rings. The summed E-state index contributed by atoms with van der Waals surface area (Å²) in [6.45, 7) is 1.98. The molecule has 2 aromatic carbocycles. The second kappa shape index (κ2) is 8.68. The average Bonchev–Trinajstić information content (AvgIpc) is 2.72. The second-order valence-electron chi connectivity index (χ2n) is 6.58. The second-order valence-corrected chi connectivity index (χ2v) is 6.58. The summed E-state index contributed by atoms with van der Waals surface area (Å²) in [5.74, 6) is -0.740. The van der Waals surface area contributed by atoms with Crippen molar-refractivity contribution in [2.24, 2.45) is 0 Å². The number of nitrogens with zero attached hydrogens (tertiary/aromatic N) is 2. The molecule has 2 aromatic rings. The Morgan fingerprint density at radius 3 is 2.41 bits per heavy atom. The molecule has 1 saturated heterocycles. The summed E-state index contributed by atoms with van der Waals surface area (Å²) in [5, 5.41) is 0. The van der Waals surface area contributed by atoms with Crippen LogP contribution in [-0.2, 0) is 14.3 Å². The number of morpholine rings is 1. The third-order valence-corrected chi connectivity index (χ3v) is 4.47. The highest BCUT2D eigenvalue weighted by molar-refractivity contribution is 5.93. The fraction of sp³-hybridized carbons (Fsp3) is 0.333. The topological polar surface area (TPSA) is 59.1 Å². The van der Waals surface area contributed by atoms with Crippen molar-refractivity contribution >= 4 is 17.6 Å². The summed E-state index contributed by atoms with van der Waals surface area (Å²) >= 11 is 0. The largest absolute Gasteiger partial charge is 0.444 e. The fourth-order valence-electron chi connectivity index (χ4n) is 2.92. The highest BCUT2D eigenvalue weighted by Gasteiger charge is 2.30. The van der Waals surface area contributed by atoms with Gasteiger partial charge in [0.15, 0.2) is 0 Å². The minimum Gasteiger partial charge on any atom is -0.444 e. The van der Waals surface area contributed by atoms with E-state index in [-0.39, 0.29) is 5.91 Å². The van der Waals surface area contributed by atoms with Crippen LogP contribution >= 0.6 is 0 Å². The van der Waals surface area contributed by atoms with Crippen LogP contribution in [0.4, 0.5) is 5.69 Å². The maximum Gasteiger partial charge on any atom is 0.339 e. The van der Waals surface area contributed by atoms with Crippen LogP contribution in [0.1, 0.15) is 22.0 Å². The van der Waals surface area contributed by atoms with Gasteiger partial charge in [0.05, 0.1) is 18.8 Å². The molecule has 1 aliphatic heterocycles. The van der Waals surface area contributed by atoms with Crippen molar-refractivity contribution in [2.75, 3.05) is 45.3 Å². The molecule has 0 N–H and O–H groups in total. The first-order valence-electron chi connectivity index (χ1n) is 8.96. The van der Waals surface area contributed by atoms with Crippen molar-refractivity contribution in [3.05, 3.63) is 65.7 Å². The van der Waals surface area contributed by atoms with Crippen molar-refractivity contribution in [2.45, 2.75) is 6.10 Å². The number of amides is 1. The monoisotopic (exact) mass is 368 g/mol. The van der Waals surface area contributed by atoms with E-state index in [0.29, 0.717) is 37.4 Å². The van der Waals surface area contributed by atoms with Gasteiger partial charge in [0, 0.05) is 38.4 Å². The van der Waals surface area contributed by atoms with Gasteiger partial charge in [-0.15, -0.1) is 0 Å². The zero-order chi connectivity index (χ0) is 19.2. The Labute approximate surface area is 159 Å². The predicted molar refractivity (Wildman–Crippen MR) is 103 cm³/mol. The Balaban J connectivity index is 1.83. The number of ether oxygens (including phenoxy) is 2. The summed E-state index contributed by atoms with van der Waals surface area (Å²) in [6.07, 6.45) is -0.972. The normalized spacial score (nSPS) is 15.1. The van der Waals surface area contributed by atoms with E-state index in [0.717, 1.165) is 5.69 Å². The van der Waals surface area contributed by atoms with E-state index in [9.17, 15) is 9.59 Å². The molecular weight excluding hydrogens is 344 g/mol. The number of anilines is 1. The minimum absolute atomic E-state index is 0.221. The number of carbonyl (C=O) groups excluding carboxylic acids is 2. The first kappa shape index (κ1) is 18.9. The highest BCUT2D eigenvalue weighted by Crippen LogP contribution is 2.23. The van der Waals surface area contributed by atoms with E-state index >= 15 is 0 Å². The zero-order valence-electron chi connectivity index (χ0n) is 15.6. The maximum absolute atomic E-state index is 13.0. The smallest absolute Gasteiger partial charge is 0.339 e. The molecule has 27 heavy (non-hydrogen) atoms. The first-order chi connectivity index (χ1) is 13.1. The van der Waals surface area contributed by atoms with Crippen LogP contribution in [0.25, 0.3) is 0 Å². The van der Waals surface area contributed by atoms with E-state index in [2.05, 4.69) is 0 Å². The molecule has 6 heteroatoms. The Hall–Kier alpha value is -2.86. The van der Waals surface area contributed by atoms with Crippen LogP contribution in [0.15, 0.2) is 54.6 Å². The van der Waals surface area contributed by atoms with E-state index in [1.807, 2.05) is 43.3 Å². The van der Waals surface area contributed by atoms with Gasteiger partial charge in [-0.05, 0) is 18.2 Å². The van der Waals surface area contributed by atoms with Gasteiger partial charge < -0.3 is 19.3 Å². The summed E-state index contributed by atoms with van der Waals surface area (Å²) in [6, 6.07) is 16.3. The summed E-state index contributed by atoms with van der Waals surface area (Å²) in [4.78, 5) is 29.4. The van der Waals surface area contributed by atoms with Gasteiger partial charge in [0.1, 0.15) is 0 Å². The average molecular weight is 368 g/mol. The lowest BCUT2D eigenvalue weighted by Crippen LogP contribution is -2.44. The van der Waals surface area contributed by atoms with Crippen molar-refractivity contribution in [1.29, 1.82) is 0 Å². The summed E-state index contributed by atoms with van der Waals surface area (Å²) in [5.41, 5.74) is 1.96. The van der Waals surface area contributed by atoms with Gasteiger partial charge >= 0.3 is 5.97 Å². The molecule has 0 spiro atoms. The van der Waals surface area contributed by atoms with Crippen LogP contribution in [-0.4, -0.2) is 57.2 Å². The van der Waals surface area contributed by atoms with Crippen LogP contribution in [0.3, 0.4) is 0 Å². The molecule has 142 valence electrons. The van der Waals surface area contributed by atoms with E-state index < -0.39 is 12.1 Å². The molecule has 6 nitrogen and oxygen atoms in total. The number of rotatable bonds is 5. The SMILES string of the molecule is CN(C)c1cccc(C(=O)O[C@H](C(=O)N2CCOCC2)c2ccccc2)c1. The molecular formula is C21H24N2O4. The van der Waals surface area contributed by atoms with Crippen molar-refractivity contribution in [3.63, 3.8) is 0 Å². The Morgan fingerprint density at radius 1 is 1.04 bits per heavy atom.